The van der Waals surface area contributed by atoms with Crippen molar-refractivity contribution < 1.29 is 20.1 Å². The van der Waals surface area contributed by atoms with Crippen LogP contribution in [0.1, 0.15) is 22.3 Å². The average molecular weight is 368 g/mol. The molecule has 0 atom stereocenters. The summed E-state index contributed by atoms with van der Waals surface area (Å²) in [5, 5.41) is 26.7. The number of benzene rings is 3. The van der Waals surface area contributed by atoms with Gasteiger partial charge in [-0.1, -0.05) is 42.0 Å². The summed E-state index contributed by atoms with van der Waals surface area (Å²) in [4.78, 5) is 8.00. The van der Waals surface area contributed by atoms with Gasteiger partial charge in [0.25, 0.3) is 0 Å². The Morgan fingerprint density at radius 1 is 0.630 bits per heavy atom. The molecule has 0 aliphatic carbocycles. The molecule has 0 saturated carbocycles. The maximum atomic E-state index is 9.10. The fraction of sp³-hybridized carbons (Fsp3) is 0.174. The molecule has 3 aromatic carbocycles. The van der Waals surface area contributed by atoms with E-state index >= 15 is 0 Å². The number of carbonyl (C=O) groups is 1. The monoisotopic (exact) mass is 368 g/mol. The summed E-state index contributed by atoms with van der Waals surface area (Å²) in [5.74, 6) is 1.05. The first-order valence-corrected chi connectivity index (χ1v) is 8.35. The van der Waals surface area contributed by atoms with E-state index < -0.39 is 0 Å². The Labute approximate surface area is 161 Å². The minimum Gasteiger partial charge on any atom is -0.508 e. The van der Waals surface area contributed by atoms with E-state index in [1.807, 2.05) is 70.9 Å². The fourth-order valence-corrected chi connectivity index (χ4v) is 1.91. The molecule has 0 saturated heterocycles. The Bertz CT molecular complexity index is 737. The van der Waals surface area contributed by atoms with E-state index in [2.05, 4.69) is 0 Å². The number of carbonyl (C=O) groups excluding carboxylic acids is 1. The molecule has 144 valence electrons. The Hall–Kier alpha value is -3.27. The zero-order valence-electron chi connectivity index (χ0n) is 16.3. The van der Waals surface area contributed by atoms with Crippen LogP contribution in [0, 0.1) is 27.7 Å². The highest BCUT2D eigenvalue weighted by molar-refractivity contribution is 5.36. The second-order valence-corrected chi connectivity index (χ2v) is 5.89. The van der Waals surface area contributed by atoms with E-state index in [1.165, 1.54) is 5.56 Å². The Kier molecular flexibility index (Phi) is 11.4. The van der Waals surface area contributed by atoms with Crippen LogP contribution in [0.15, 0.2) is 66.7 Å². The first-order valence-electron chi connectivity index (χ1n) is 8.35. The van der Waals surface area contributed by atoms with Gasteiger partial charge in [-0.25, -0.2) is 0 Å². The van der Waals surface area contributed by atoms with Gasteiger partial charge in [-0.3, -0.25) is 0 Å². The first kappa shape index (κ1) is 23.7. The summed E-state index contributed by atoms with van der Waals surface area (Å²) < 4.78 is 0. The lowest BCUT2D eigenvalue weighted by molar-refractivity contribution is -0.0979. The molecular formula is C23H28O4. The van der Waals surface area contributed by atoms with Gasteiger partial charge in [0.15, 0.2) is 0 Å². The summed E-state index contributed by atoms with van der Waals surface area (Å²) in [6.45, 7) is 9.82. The number of hydrogen-bond acceptors (Lipinski definition) is 4. The Morgan fingerprint density at radius 3 is 1.56 bits per heavy atom. The number of phenols is 3. The van der Waals surface area contributed by atoms with E-state index in [1.54, 1.807) is 30.3 Å². The molecule has 0 bridgehead atoms. The van der Waals surface area contributed by atoms with Crippen LogP contribution < -0.4 is 0 Å². The molecular weight excluding hydrogens is 340 g/mol. The van der Waals surface area contributed by atoms with Crippen molar-refractivity contribution in [3.05, 3.63) is 89.0 Å². The maximum Gasteiger partial charge on any atom is 0.118 e. The second kappa shape index (κ2) is 13.0. The molecule has 0 aliphatic heterocycles. The van der Waals surface area contributed by atoms with Crippen LogP contribution in [0.3, 0.4) is 0 Å². The minimum absolute atomic E-state index is 0.329. The lowest BCUT2D eigenvalue weighted by Crippen LogP contribution is -1.78. The van der Waals surface area contributed by atoms with Gasteiger partial charge in [-0.05, 0) is 74.7 Å². The second-order valence-electron chi connectivity index (χ2n) is 5.89. The lowest BCUT2D eigenvalue weighted by Gasteiger charge is -1.99. The van der Waals surface area contributed by atoms with Crippen molar-refractivity contribution in [1.29, 1.82) is 0 Å². The molecule has 0 amide bonds. The van der Waals surface area contributed by atoms with Crippen LogP contribution in [0.2, 0.25) is 0 Å². The normalized spacial score (nSPS) is 8.74. The first-order chi connectivity index (χ1) is 12.8. The van der Waals surface area contributed by atoms with Crippen LogP contribution in [-0.4, -0.2) is 22.1 Å². The number of hydrogen-bond donors (Lipinski definition) is 3. The SMILES string of the molecule is C=O.Cc1ccc(O)cc1.Cc1cccc(O)c1.Cc1cccc(O)c1C. The number of rotatable bonds is 0. The lowest BCUT2D eigenvalue weighted by atomic mass is 10.1. The third kappa shape index (κ3) is 10.3. The smallest absolute Gasteiger partial charge is 0.118 e. The number of aryl methyl sites for hydroxylation is 3. The summed E-state index contributed by atoms with van der Waals surface area (Å²) in [5.41, 5.74) is 4.36. The number of aromatic hydroxyl groups is 3. The van der Waals surface area contributed by atoms with E-state index in [0.717, 1.165) is 16.7 Å². The summed E-state index contributed by atoms with van der Waals surface area (Å²) >= 11 is 0. The van der Waals surface area contributed by atoms with Gasteiger partial charge in [0.1, 0.15) is 24.0 Å². The summed E-state index contributed by atoms with van der Waals surface area (Å²) in [7, 11) is 0. The van der Waals surface area contributed by atoms with Crippen molar-refractivity contribution in [3.8, 4) is 17.2 Å². The molecule has 4 heteroatoms. The largest absolute Gasteiger partial charge is 0.508 e. The summed E-state index contributed by atoms with van der Waals surface area (Å²) in [6.07, 6.45) is 0. The number of phenolic OH excluding ortho intramolecular Hbond substituents is 3. The van der Waals surface area contributed by atoms with Crippen molar-refractivity contribution in [2.45, 2.75) is 27.7 Å². The van der Waals surface area contributed by atoms with Crippen molar-refractivity contribution in [2.24, 2.45) is 0 Å². The van der Waals surface area contributed by atoms with Crippen molar-refractivity contribution in [3.63, 3.8) is 0 Å². The van der Waals surface area contributed by atoms with E-state index in [4.69, 9.17) is 20.1 Å². The fourth-order valence-electron chi connectivity index (χ4n) is 1.91. The van der Waals surface area contributed by atoms with Gasteiger partial charge in [-0.15, -0.1) is 0 Å². The van der Waals surface area contributed by atoms with Crippen LogP contribution in [0.4, 0.5) is 0 Å². The zero-order valence-corrected chi connectivity index (χ0v) is 16.3. The van der Waals surface area contributed by atoms with Crippen molar-refractivity contribution in [2.75, 3.05) is 0 Å². The maximum absolute atomic E-state index is 9.10. The molecule has 3 rings (SSSR count). The molecule has 0 radical (unpaired) electrons. The molecule has 0 unspecified atom stereocenters. The molecule has 3 aromatic rings. The van der Waals surface area contributed by atoms with Crippen molar-refractivity contribution >= 4 is 6.79 Å². The third-order valence-electron chi connectivity index (χ3n) is 3.61. The van der Waals surface area contributed by atoms with E-state index in [0.29, 0.717) is 17.2 Å². The van der Waals surface area contributed by atoms with Crippen LogP contribution in [0.25, 0.3) is 0 Å². The van der Waals surface area contributed by atoms with E-state index in [-0.39, 0.29) is 0 Å². The molecule has 0 aliphatic rings. The minimum atomic E-state index is 0.329. The van der Waals surface area contributed by atoms with Gasteiger partial charge >= 0.3 is 0 Å². The third-order valence-corrected chi connectivity index (χ3v) is 3.61. The standard InChI is InChI=1S/C8H10O.2C7H8O.CH2O/c1-6-4-3-5-8(9)7(6)2;1-6-2-4-7(8)5-3-6;1-6-3-2-4-7(8)5-6;1-2/h3-5,9H,1-2H3;2*2-5,8H,1H3;1H2. The quantitative estimate of drug-likeness (QED) is 0.508. The van der Waals surface area contributed by atoms with Crippen LogP contribution in [0.5, 0.6) is 17.2 Å². The highest BCUT2D eigenvalue weighted by Crippen LogP contribution is 2.17. The van der Waals surface area contributed by atoms with Gasteiger partial charge in [0, 0.05) is 0 Å². The molecule has 0 aromatic heterocycles. The Morgan fingerprint density at radius 2 is 1.19 bits per heavy atom. The van der Waals surface area contributed by atoms with Gasteiger partial charge < -0.3 is 20.1 Å². The highest BCUT2D eigenvalue weighted by atomic mass is 16.3. The van der Waals surface area contributed by atoms with Gasteiger partial charge in [-0.2, -0.15) is 0 Å². The Balaban J connectivity index is 0.000000359. The van der Waals surface area contributed by atoms with Gasteiger partial charge in [0.2, 0.25) is 0 Å². The molecule has 0 fully saturated rings. The summed E-state index contributed by atoms with van der Waals surface area (Å²) in [6, 6.07) is 19.8. The van der Waals surface area contributed by atoms with Gasteiger partial charge in [0.05, 0.1) is 0 Å². The molecule has 4 nitrogen and oxygen atoms in total. The predicted molar refractivity (Wildman–Crippen MR) is 110 cm³/mol. The van der Waals surface area contributed by atoms with E-state index in [9.17, 15) is 0 Å². The molecule has 3 N–H and O–H groups in total. The topological polar surface area (TPSA) is 77.8 Å². The molecule has 0 spiro atoms. The predicted octanol–water partition coefficient (Wildman–Crippen LogP) is 5.23. The van der Waals surface area contributed by atoms with Crippen LogP contribution >= 0.6 is 0 Å². The molecule has 27 heavy (non-hydrogen) atoms. The van der Waals surface area contributed by atoms with Crippen molar-refractivity contribution in [1.82, 2.24) is 0 Å². The highest BCUT2D eigenvalue weighted by Gasteiger charge is 1.94. The molecule has 0 heterocycles. The van der Waals surface area contributed by atoms with Crippen LogP contribution in [-0.2, 0) is 4.79 Å². The average Bonchev–Trinajstić information content (AvgIpc) is 2.65. The zero-order chi connectivity index (χ0) is 20.8.